The summed E-state index contributed by atoms with van der Waals surface area (Å²) in [5.41, 5.74) is 1.17. The average Bonchev–Trinajstić information content (AvgIpc) is 3.07. The maximum atomic E-state index is 9.80. The maximum Gasteiger partial charge on any atom is 0.134 e. The van der Waals surface area contributed by atoms with Crippen LogP contribution in [-0.4, -0.2) is 45.1 Å². The Balaban J connectivity index is 1.54. The molecule has 0 saturated carbocycles. The normalized spacial score (nSPS) is 19.3. The van der Waals surface area contributed by atoms with E-state index in [4.69, 9.17) is 14.2 Å². The van der Waals surface area contributed by atoms with E-state index in [2.05, 4.69) is 10.6 Å². The zero-order valence-electron chi connectivity index (χ0n) is 15.2. The molecule has 2 unspecified atom stereocenters. The summed E-state index contributed by atoms with van der Waals surface area (Å²) in [6, 6.07) is 13.4. The van der Waals surface area contributed by atoms with Crippen molar-refractivity contribution in [3.8, 4) is 23.0 Å². The Hall–Kier alpha value is -2.28. The first-order valence-electron chi connectivity index (χ1n) is 8.77. The van der Waals surface area contributed by atoms with Crippen LogP contribution in [0.15, 0.2) is 42.5 Å². The molecule has 1 heterocycles. The van der Waals surface area contributed by atoms with Crippen molar-refractivity contribution >= 4 is 0 Å². The quantitative estimate of drug-likeness (QED) is 0.672. The number of methoxy groups -OCH3 is 2. The monoisotopic (exact) mass is 358 g/mol. The van der Waals surface area contributed by atoms with E-state index in [1.54, 1.807) is 20.3 Å². The molecule has 2 aromatic rings. The summed E-state index contributed by atoms with van der Waals surface area (Å²) in [5, 5.41) is 16.4. The Morgan fingerprint density at radius 1 is 0.962 bits per heavy atom. The summed E-state index contributed by atoms with van der Waals surface area (Å²) < 4.78 is 16.4. The fourth-order valence-corrected chi connectivity index (χ4v) is 2.98. The van der Waals surface area contributed by atoms with E-state index in [9.17, 15) is 5.11 Å². The van der Waals surface area contributed by atoms with Crippen molar-refractivity contribution in [2.45, 2.75) is 12.6 Å². The fourth-order valence-electron chi connectivity index (χ4n) is 2.98. The van der Waals surface area contributed by atoms with Crippen molar-refractivity contribution in [1.82, 2.24) is 10.6 Å². The third-order valence-corrected chi connectivity index (χ3v) is 4.52. The Morgan fingerprint density at radius 3 is 2.19 bits per heavy atom. The number of ether oxygens (including phenoxy) is 3. The minimum Gasteiger partial charge on any atom is -0.496 e. The van der Waals surface area contributed by atoms with Gasteiger partial charge in [-0.3, -0.25) is 0 Å². The molecule has 1 fully saturated rings. The van der Waals surface area contributed by atoms with E-state index < -0.39 is 0 Å². The third-order valence-electron chi connectivity index (χ3n) is 4.52. The van der Waals surface area contributed by atoms with Crippen molar-refractivity contribution in [3.05, 3.63) is 48.0 Å². The van der Waals surface area contributed by atoms with Gasteiger partial charge in [-0.05, 0) is 17.7 Å². The van der Waals surface area contributed by atoms with Crippen LogP contribution >= 0.6 is 0 Å². The predicted molar refractivity (Wildman–Crippen MR) is 100 cm³/mol. The lowest BCUT2D eigenvalue weighted by atomic mass is 10.1. The highest BCUT2D eigenvalue weighted by Gasteiger charge is 2.23. The zero-order valence-corrected chi connectivity index (χ0v) is 15.2. The molecule has 0 aliphatic carbocycles. The number of benzene rings is 2. The van der Waals surface area contributed by atoms with Crippen molar-refractivity contribution in [2.24, 2.45) is 5.92 Å². The minimum atomic E-state index is -0.252. The van der Waals surface area contributed by atoms with Crippen LogP contribution in [0.5, 0.6) is 23.0 Å². The molecule has 26 heavy (non-hydrogen) atoms. The second-order valence-electron chi connectivity index (χ2n) is 6.41. The number of aliphatic hydroxyl groups excluding tert-OH is 1. The van der Waals surface area contributed by atoms with Crippen LogP contribution in [0, 0.1) is 5.92 Å². The van der Waals surface area contributed by atoms with Crippen LogP contribution in [-0.2, 0) is 6.54 Å². The average molecular weight is 358 g/mol. The van der Waals surface area contributed by atoms with Gasteiger partial charge in [-0.2, -0.15) is 0 Å². The SMILES string of the molecule is COc1cc(OC)cc(Oc2ccc(CNCC3CNCC3O)cc2)c1. The van der Waals surface area contributed by atoms with Crippen LogP contribution in [0.25, 0.3) is 0 Å². The van der Waals surface area contributed by atoms with Crippen LogP contribution in [0.4, 0.5) is 0 Å². The Kier molecular flexibility index (Phi) is 6.33. The highest BCUT2D eigenvalue weighted by atomic mass is 16.5. The first-order valence-corrected chi connectivity index (χ1v) is 8.77. The third kappa shape index (κ3) is 4.88. The molecule has 6 heteroatoms. The van der Waals surface area contributed by atoms with E-state index in [1.165, 1.54) is 5.56 Å². The molecule has 3 rings (SSSR count). The Morgan fingerprint density at radius 2 is 1.62 bits per heavy atom. The molecule has 140 valence electrons. The van der Waals surface area contributed by atoms with Crippen molar-refractivity contribution in [1.29, 1.82) is 0 Å². The summed E-state index contributed by atoms with van der Waals surface area (Å²) in [4.78, 5) is 0. The van der Waals surface area contributed by atoms with Gasteiger partial charge in [0.2, 0.25) is 0 Å². The highest BCUT2D eigenvalue weighted by Crippen LogP contribution is 2.30. The number of aliphatic hydroxyl groups is 1. The molecule has 2 aromatic carbocycles. The molecule has 0 spiro atoms. The second kappa shape index (κ2) is 8.89. The number of hydrogen-bond acceptors (Lipinski definition) is 6. The largest absolute Gasteiger partial charge is 0.496 e. The lowest BCUT2D eigenvalue weighted by Gasteiger charge is -2.14. The van der Waals surface area contributed by atoms with Crippen molar-refractivity contribution in [2.75, 3.05) is 33.9 Å². The molecule has 1 saturated heterocycles. The minimum absolute atomic E-state index is 0.252. The van der Waals surface area contributed by atoms with Gasteiger partial charge in [-0.15, -0.1) is 0 Å². The summed E-state index contributed by atoms with van der Waals surface area (Å²) in [7, 11) is 3.22. The first-order chi connectivity index (χ1) is 12.7. The molecule has 0 bridgehead atoms. The topological polar surface area (TPSA) is 72.0 Å². The first kappa shape index (κ1) is 18.5. The van der Waals surface area contributed by atoms with Crippen molar-refractivity contribution < 1.29 is 19.3 Å². The highest BCUT2D eigenvalue weighted by molar-refractivity contribution is 5.44. The van der Waals surface area contributed by atoms with Gasteiger partial charge in [0.1, 0.15) is 23.0 Å². The van der Waals surface area contributed by atoms with Gasteiger partial charge in [0.15, 0.2) is 0 Å². The second-order valence-corrected chi connectivity index (χ2v) is 6.41. The predicted octanol–water partition coefficient (Wildman–Crippen LogP) is 2.17. The Bertz CT molecular complexity index is 683. The van der Waals surface area contributed by atoms with Gasteiger partial charge in [-0.25, -0.2) is 0 Å². The molecule has 2 atom stereocenters. The standard InChI is InChI=1S/C20H26N2O4/c1-24-17-7-18(25-2)9-19(8-17)26-16-5-3-14(4-6-16)10-21-11-15-12-22-13-20(15)23/h3-9,15,20-23H,10-13H2,1-2H3. The Labute approximate surface area is 154 Å². The van der Waals surface area contributed by atoms with Crippen LogP contribution in [0.3, 0.4) is 0 Å². The van der Waals surface area contributed by atoms with Gasteiger partial charge in [0.05, 0.1) is 20.3 Å². The molecule has 3 N–H and O–H groups in total. The lowest BCUT2D eigenvalue weighted by molar-refractivity contribution is 0.146. The molecule has 0 aromatic heterocycles. The van der Waals surface area contributed by atoms with E-state index in [0.29, 0.717) is 23.8 Å². The van der Waals surface area contributed by atoms with Gasteiger partial charge < -0.3 is 30.0 Å². The molecule has 0 radical (unpaired) electrons. The van der Waals surface area contributed by atoms with E-state index in [0.717, 1.165) is 25.4 Å². The number of rotatable bonds is 8. The molecule has 6 nitrogen and oxygen atoms in total. The smallest absolute Gasteiger partial charge is 0.134 e. The van der Waals surface area contributed by atoms with E-state index in [1.807, 2.05) is 36.4 Å². The summed E-state index contributed by atoms with van der Waals surface area (Å²) >= 11 is 0. The number of nitrogens with one attached hydrogen (secondary N) is 2. The lowest BCUT2D eigenvalue weighted by Crippen LogP contribution is -2.30. The van der Waals surface area contributed by atoms with Crippen LogP contribution in [0.2, 0.25) is 0 Å². The molecular weight excluding hydrogens is 332 g/mol. The number of β-amino-alcohol motifs (C(OH)–C–C–N with tert-alkyl or cyclic N) is 1. The maximum absolute atomic E-state index is 9.80. The zero-order chi connectivity index (χ0) is 18.4. The van der Waals surface area contributed by atoms with Gasteiger partial charge in [0, 0.05) is 50.3 Å². The fraction of sp³-hybridized carbons (Fsp3) is 0.400. The van der Waals surface area contributed by atoms with E-state index in [-0.39, 0.29) is 12.0 Å². The summed E-state index contributed by atoms with van der Waals surface area (Å²) in [6.45, 7) is 3.12. The molecular formula is C20H26N2O4. The summed E-state index contributed by atoms with van der Waals surface area (Å²) in [6.07, 6.45) is -0.252. The van der Waals surface area contributed by atoms with Gasteiger partial charge in [0.25, 0.3) is 0 Å². The number of hydrogen-bond donors (Lipinski definition) is 3. The van der Waals surface area contributed by atoms with Crippen LogP contribution in [0.1, 0.15) is 5.56 Å². The van der Waals surface area contributed by atoms with Gasteiger partial charge >= 0.3 is 0 Å². The molecule has 1 aliphatic heterocycles. The molecule has 0 amide bonds. The van der Waals surface area contributed by atoms with Crippen molar-refractivity contribution in [3.63, 3.8) is 0 Å². The molecule has 1 aliphatic rings. The van der Waals surface area contributed by atoms with Crippen LogP contribution < -0.4 is 24.8 Å². The van der Waals surface area contributed by atoms with Gasteiger partial charge in [-0.1, -0.05) is 12.1 Å². The summed E-state index contributed by atoms with van der Waals surface area (Å²) in [5.74, 6) is 3.06. The van der Waals surface area contributed by atoms with E-state index >= 15 is 0 Å².